The average Bonchev–Trinajstić information content (AvgIpc) is 3.09. The smallest absolute Gasteiger partial charge is 0.423 e. The highest BCUT2D eigenvalue weighted by Gasteiger charge is 2.50. The number of carbonyl (C=O) groups is 2. The Bertz CT molecular complexity index is 1900. The molecule has 5 heterocycles. The number of anilines is 3. The molecule has 2 aromatic heterocycles. The van der Waals surface area contributed by atoms with Gasteiger partial charge in [-0.15, -0.1) is 0 Å². The summed E-state index contributed by atoms with van der Waals surface area (Å²) in [5, 5.41) is 4.07. The molecule has 280 valence electrons. The van der Waals surface area contributed by atoms with Crippen LogP contribution >= 0.6 is 0 Å². The summed E-state index contributed by atoms with van der Waals surface area (Å²) in [7, 11) is 2.85. The van der Waals surface area contributed by atoms with Gasteiger partial charge in [-0.2, -0.15) is 31.4 Å². The predicted molar refractivity (Wildman–Crippen MR) is 176 cm³/mol. The summed E-state index contributed by atoms with van der Waals surface area (Å²) >= 11 is 0. The van der Waals surface area contributed by atoms with Crippen molar-refractivity contribution in [3.05, 3.63) is 69.8 Å². The van der Waals surface area contributed by atoms with E-state index in [1.165, 1.54) is 24.0 Å². The first-order chi connectivity index (χ1) is 24.4. The molecule has 0 spiro atoms. The van der Waals surface area contributed by atoms with E-state index < -0.39 is 52.4 Å². The van der Waals surface area contributed by atoms with E-state index in [2.05, 4.69) is 10.1 Å². The van der Waals surface area contributed by atoms with Crippen molar-refractivity contribution in [2.24, 2.45) is 5.41 Å². The molecule has 0 aliphatic carbocycles. The fourth-order valence-electron chi connectivity index (χ4n) is 6.91. The molecule has 1 aromatic carbocycles. The van der Waals surface area contributed by atoms with Crippen LogP contribution in [0.5, 0.6) is 5.75 Å². The van der Waals surface area contributed by atoms with Gasteiger partial charge in [-0.25, -0.2) is 9.67 Å². The van der Waals surface area contributed by atoms with Gasteiger partial charge in [0.2, 0.25) is 5.91 Å². The van der Waals surface area contributed by atoms with Crippen LogP contribution in [0.4, 0.5) is 43.5 Å². The van der Waals surface area contributed by atoms with Gasteiger partial charge in [-0.1, -0.05) is 26.0 Å². The van der Waals surface area contributed by atoms with E-state index in [1.807, 2.05) is 13.8 Å². The number of likely N-dealkylation sites (N-methyl/N-ethyl adjacent to an activating group) is 1. The Morgan fingerprint density at radius 2 is 1.69 bits per heavy atom. The lowest BCUT2D eigenvalue weighted by Crippen LogP contribution is -2.65. The molecular formula is C34H37F6N7O5. The first-order valence-corrected chi connectivity index (χ1v) is 16.4. The largest absolute Gasteiger partial charge is 0.497 e. The van der Waals surface area contributed by atoms with E-state index >= 15 is 0 Å². The van der Waals surface area contributed by atoms with Gasteiger partial charge in [0.15, 0.2) is 5.82 Å². The van der Waals surface area contributed by atoms with Gasteiger partial charge in [0, 0.05) is 38.3 Å². The van der Waals surface area contributed by atoms with Crippen molar-refractivity contribution < 1.29 is 45.4 Å². The minimum absolute atomic E-state index is 0.00912. The van der Waals surface area contributed by atoms with E-state index in [4.69, 9.17) is 9.47 Å². The Labute approximate surface area is 294 Å². The van der Waals surface area contributed by atoms with E-state index in [1.54, 1.807) is 29.2 Å². The summed E-state index contributed by atoms with van der Waals surface area (Å²) in [6.07, 6.45) is -7.90. The molecule has 3 aliphatic heterocycles. The molecule has 0 radical (unpaired) electrons. The monoisotopic (exact) mass is 737 g/mol. The molecule has 12 nitrogen and oxygen atoms in total. The SMILES string of the molecule is COc1ccc(Cn2ncc(N3CC(C)(C)[C@H]3COCCC(=O)N3CCN4c5ncc(C(F)(F)F)cc5N(C)C(=O)[C@H]4C3)c(C(F)(F)F)c2=O)cc1. The predicted octanol–water partition coefficient (Wildman–Crippen LogP) is 4.05. The first kappa shape index (κ1) is 36.9. The van der Waals surface area contributed by atoms with Gasteiger partial charge < -0.3 is 29.1 Å². The minimum Gasteiger partial charge on any atom is -0.497 e. The van der Waals surface area contributed by atoms with Crippen molar-refractivity contribution in [2.45, 2.75) is 51.2 Å². The van der Waals surface area contributed by atoms with Crippen molar-refractivity contribution in [2.75, 3.05) is 68.2 Å². The van der Waals surface area contributed by atoms with Gasteiger partial charge in [0.25, 0.3) is 11.5 Å². The zero-order valence-electron chi connectivity index (χ0n) is 28.8. The number of alkyl halides is 6. The summed E-state index contributed by atoms with van der Waals surface area (Å²) in [5.74, 6) is -0.0204. The van der Waals surface area contributed by atoms with Gasteiger partial charge in [0.1, 0.15) is 17.4 Å². The Morgan fingerprint density at radius 1 is 0.981 bits per heavy atom. The third-order valence-electron chi connectivity index (χ3n) is 9.86. The normalized spacial score (nSPS) is 20.0. The number of hydrogen-bond acceptors (Lipinski definition) is 9. The molecule has 0 N–H and O–H groups in total. The summed E-state index contributed by atoms with van der Waals surface area (Å²) < 4.78 is 94.7. The molecular weight excluding hydrogens is 700 g/mol. The van der Waals surface area contributed by atoms with Crippen LogP contribution in [0.25, 0.3) is 0 Å². The van der Waals surface area contributed by atoms with Crippen molar-refractivity contribution >= 4 is 29.0 Å². The third-order valence-corrected chi connectivity index (χ3v) is 9.86. The molecule has 0 unspecified atom stereocenters. The number of methoxy groups -OCH3 is 1. The number of benzene rings is 1. The lowest BCUT2D eigenvalue weighted by atomic mass is 9.74. The molecule has 52 heavy (non-hydrogen) atoms. The third kappa shape index (κ3) is 6.99. The van der Waals surface area contributed by atoms with E-state index in [-0.39, 0.29) is 75.5 Å². The maximum absolute atomic E-state index is 14.4. The van der Waals surface area contributed by atoms with Crippen molar-refractivity contribution in [3.63, 3.8) is 0 Å². The average molecular weight is 738 g/mol. The number of fused-ring (bicyclic) bond motifs is 3. The van der Waals surface area contributed by atoms with Crippen LogP contribution in [0.3, 0.4) is 0 Å². The zero-order valence-corrected chi connectivity index (χ0v) is 28.8. The van der Waals surface area contributed by atoms with Crippen molar-refractivity contribution in [3.8, 4) is 5.75 Å². The van der Waals surface area contributed by atoms with Gasteiger partial charge >= 0.3 is 12.4 Å². The molecule has 18 heteroatoms. The van der Waals surface area contributed by atoms with E-state index in [0.717, 1.165) is 28.0 Å². The first-order valence-electron chi connectivity index (χ1n) is 16.4. The summed E-state index contributed by atoms with van der Waals surface area (Å²) in [6.45, 7) is 4.01. The van der Waals surface area contributed by atoms with E-state index in [9.17, 15) is 40.7 Å². The molecule has 2 saturated heterocycles. The van der Waals surface area contributed by atoms with Crippen LogP contribution in [0.1, 0.15) is 37.0 Å². The fraction of sp³-hybridized carbons (Fsp3) is 0.500. The van der Waals surface area contributed by atoms with Gasteiger partial charge in [-0.05, 0) is 23.8 Å². The second kappa shape index (κ2) is 13.6. The highest BCUT2D eigenvalue weighted by Crippen LogP contribution is 2.44. The van der Waals surface area contributed by atoms with Crippen LogP contribution in [0.15, 0.2) is 47.5 Å². The molecule has 2 fully saturated rings. The number of halogens is 6. The molecule has 3 aliphatic rings. The summed E-state index contributed by atoms with van der Waals surface area (Å²) in [5.41, 5.74) is -3.82. The maximum Gasteiger partial charge on any atom is 0.423 e. The highest BCUT2D eigenvalue weighted by atomic mass is 19.4. The second-order valence-electron chi connectivity index (χ2n) is 13.7. The summed E-state index contributed by atoms with van der Waals surface area (Å²) in [6, 6.07) is 6.01. The molecule has 6 rings (SSSR count). The van der Waals surface area contributed by atoms with Crippen molar-refractivity contribution in [1.29, 1.82) is 0 Å². The Morgan fingerprint density at radius 3 is 2.33 bits per heavy atom. The molecule has 3 aromatic rings. The number of amides is 2. The van der Waals surface area contributed by atoms with Crippen LogP contribution in [0.2, 0.25) is 0 Å². The molecule has 0 saturated carbocycles. The quantitative estimate of drug-likeness (QED) is 0.237. The highest BCUT2D eigenvalue weighted by molar-refractivity contribution is 6.05. The number of rotatable bonds is 9. The fourth-order valence-corrected chi connectivity index (χ4v) is 6.91. The Hall–Kier alpha value is -4.87. The van der Waals surface area contributed by atoms with Crippen LogP contribution in [-0.4, -0.2) is 97.1 Å². The lowest BCUT2D eigenvalue weighted by molar-refractivity contribution is -0.139. The minimum atomic E-state index is -4.96. The zero-order chi connectivity index (χ0) is 37.7. The Kier molecular flexibility index (Phi) is 9.65. The summed E-state index contributed by atoms with van der Waals surface area (Å²) in [4.78, 5) is 49.2. The number of carbonyl (C=O) groups excluding carboxylic acids is 2. The van der Waals surface area contributed by atoms with Gasteiger partial charge in [0.05, 0.1) is 69.0 Å². The number of hydrogen-bond donors (Lipinski definition) is 0. The van der Waals surface area contributed by atoms with Crippen LogP contribution in [-0.2, 0) is 33.2 Å². The van der Waals surface area contributed by atoms with E-state index in [0.29, 0.717) is 11.3 Å². The number of piperazine rings is 1. The molecule has 2 atom stereocenters. The molecule has 2 amide bonds. The van der Waals surface area contributed by atoms with Crippen LogP contribution in [0, 0.1) is 5.41 Å². The number of aromatic nitrogens is 3. The second-order valence-corrected chi connectivity index (χ2v) is 13.7. The van der Waals surface area contributed by atoms with Gasteiger partial charge in [-0.3, -0.25) is 14.4 Å². The van der Waals surface area contributed by atoms with Crippen molar-refractivity contribution in [1.82, 2.24) is 19.7 Å². The Balaban J connectivity index is 1.08. The van der Waals surface area contributed by atoms with Crippen LogP contribution < -0.4 is 25.0 Å². The lowest BCUT2D eigenvalue weighted by Gasteiger charge is -2.55. The topological polar surface area (TPSA) is 113 Å². The number of nitrogens with zero attached hydrogens (tertiary/aromatic N) is 7. The number of ether oxygens (including phenoxy) is 2. The standard InChI is InChI=1S/C34H37F6N7O5/c1-32(2)19-46(24-15-42-47(31(50)28(24)34(38,39)40)16-20-5-7-22(51-4)8-6-20)26(32)18-52-12-9-27(48)44-10-11-45-25(17-44)30(49)43(3)23-13-21(33(35,36)37)14-41-29(23)45/h5-8,13-15,25-26H,9-12,16-19H2,1-4H3/t25-,26-/m1/s1. The molecule has 0 bridgehead atoms. The number of pyridine rings is 1. The maximum atomic E-state index is 14.4.